The van der Waals surface area contributed by atoms with E-state index in [9.17, 15) is 13.2 Å². The van der Waals surface area contributed by atoms with Gasteiger partial charge in [0, 0.05) is 40.3 Å². The van der Waals surface area contributed by atoms with Gasteiger partial charge in [0.2, 0.25) is 5.91 Å². The van der Waals surface area contributed by atoms with E-state index in [1.807, 2.05) is 4.90 Å². The Balaban J connectivity index is 2.01. The molecule has 0 unspecified atom stereocenters. The van der Waals surface area contributed by atoms with Crippen LogP contribution in [0.25, 0.3) is 0 Å². The number of carbonyl (C=O) groups is 1. The van der Waals surface area contributed by atoms with Crippen LogP contribution in [0.1, 0.15) is 38.5 Å². The molecule has 7 heteroatoms. The van der Waals surface area contributed by atoms with Crippen LogP contribution < -0.4 is 0 Å². The highest BCUT2D eigenvalue weighted by Crippen LogP contribution is 2.23. The number of carbonyl (C=O) groups excluding carboxylic acids is 1. The fourth-order valence-electron chi connectivity index (χ4n) is 3.13. The third-order valence-corrected chi connectivity index (χ3v) is 6.35. The Morgan fingerprint density at radius 2 is 1.62 bits per heavy atom. The summed E-state index contributed by atoms with van der Waals surface area (Å²) in [6.45, 7) is 2.51. The fraction of sp³-hybridized carbons (Fsp3) is 0.929. The normalized spacial score (nSPS) is 25.9. The lowest BCUT2D eigenvalue weighted by Gasteiger charge is -2.35. The highest BCUT2D eigenvalue weighted by atomic mass is 32.2. The highest BCUT2D eigenvalue weighted by Gasteiger charge is 2.35. The molecule has 0 radical (unpaired) electrons. The minimum absolute atomic E-state index is 0.149. The minimum Gasteiger partial charge on any atom is -0.342 e. The maximum atomic E-state index is 12.6. The number of hydrogen-bond acceptors (Lipinski definition) is 3. The SMILES string of the molecule is CN(C)S(=O)(=O)N1CCC[C@H](C(=O)N2CCCCCC2)C1. The van der Waals surface area contributed by atoms with Gasteiger partial charge in [-0.1, -0.05) is 12.8 Å². The summed E-state index contributed by atoms with van der Waals surface area (Å²) in [4.78, 5) is 14.6. The lowest BCUT2D eigenvalue weighted by atomic mass is 9.98. The zero-order chi connectivity index (χ0) is 15.5. The summed E-state index contributed by atoms with van der Waals surface area (Å²) >= 11 is 0. The number of nitrogens with zero attached hydrogens (tertiary/aromatic N) is 3. The molecule has 2 fully saturated rings. The molecule has 2 heterocycles. The Morgan fingerprint density at radius 3 is 2.19 bits per heavy atom. The van der Waals surface area contributed by atoms with Crippen molar-refractivity contribution in [3.05, 3.63) is 0 Å². The molecule has 0 aromatic heterocycles. The molecule has 0 aliphatic carbocycles. The van der Waals surface area contributed by atoms with E-state index in [4.69, 9.17) is 0 Å². The van der Waals surface area contributed by atoms with E-state index in [-0.39, 0.29) is 11.8 Å². The molecule has 2 saturated heterocycles. The van der Waals surface area contributed by atoms with Gasteiger partial charge in [-0.15, -0.1) is 0 Å². The van der Waals surface area contributed by atoms with Gasteiger partial charge in [-0.25, -0.2) is 0 Å². The number of amides is 1. The molecule has 6 nitrogen and oxygen atoms in total. The van der Waals surface area contributed by atoms with Crippen LogP contribution in [0.15, 0.2) is 0 Å². The van der Waals surface area contributed by atoms with Gasteiger partial charge in [0.15, 0.2) is 0 Å². The number of hydrogen-bond donors (Lipinski definition) is 0. The predicted octanol–water partition coefficient (Wildman–Crippen LogP) is 0.907. The smallest absolute Gasteiger partial charge is 0.281 e. The molecule has 1 atom stereocenters. The number of piperidine rings is 1. The van der Waals surface area contributed by atoms with Gasteiger partial charge in [0.1, 0.15) is 0 Å². The quantitative estimate of drug-likeness (QED) is 0.777. The Hall–Kier alpha value is -0.660. The van der Waals surface area contributed by atoms with E-state index in [1.165, 1.54) is 35.5 Å². The van der Waals surface area contributed by atoms with Crippen molar-refractivity contribution in [1.29, 1.82) is 0 Å². The van der Waals surface area contributed by atoms with Crippen LogP contribution in [0, 0.1) is 5.92 Å². The molecule has 0 spiro atoms. The monoisotopic (exact) mass is 317 g/mol. The van der Waals surface area contributed by atoms with Crippen molar-refractivity contribution in [2.45, 2.75) is 38.5 Å². The van der Waals surface area contributed by atoms with Crippen molar-refractivity contribution in [2.75, 3.05) is 40.3 Å². The molecule has 0 bridgehead atoms. The van der Waals surface area contributed by atoms with Gasteiger partial charge < -0.3 is 4.90 Å². The molecule has 2 aliphatic rings. The molecule has 21 heavy (non-hydrogen) atoms. The van der Waals surface area contributed by atoms with Crippen LogP contribution in [-0.4, -0.2) is 68.1 Å². The van der Waals surface area contributed by atoms with E-state index in [2.05, 4.69) is 0 Å². The molecular formula is C14H27N3O3S. The molecule has 2 rings (SSSR count). The third-order valence-electron chi connectivity index (χ3n) is 4.44. The summed E-state index contributed by atoms with van der Waals surface area (Å²) < 4.78 is 27.1. The van der Waals surface area contributed by atoms with Crippen molar-refractivity contribution < 1.29 is 13.2 Å². The average Bonchev–Trinajstić information content (AvgIpc) is 2.75. The first kappa shape index (κ1) is 16.7. The van der Waals surface area contributed by atoms with Gasteiger partial charge in [0.25, 0.3) is 10.2 Å². The second kappa shape index (κ2) is 7.07. The van der Waals surface area contributed by atoms with Crippen LogP contribution in [-0.2, 0) is 15.0 Å². The molecule has 1 amide bonds. The van der Waals surface area contributed by atoms with Gasteiger partial charge in [0.05, 0.1) is 5.92 Å². The van der Waals surface area contributed by atoms with Crippen molar-refractivity contribution in [2.24, 2.45) is 5.92 Å². The first-order valence-electron chi connectivity index (χ1n) is 7.89. The maximum Gasteiger partial charge on any atom is 0.281 e. The van der Waals surface area contributed by atoms with Gasteiger partial charge in [-0.2, -0.15) is 17.0 Å². The lowest BCUT2D eigenvalue weighted by Crippen LogP contribution is -2.49. The molecule has 2 aliphatic heterocycles. The number of likely N-dealkylation sites (tertiary alicyclic amines) is 1. The van der Waals surface area contributed by atoms with Crippen molar-refractivity contribution >= 4 is 16.1 Å². The van der Waals surface area contributed by atoms with E-state index in [0.29, 0.717) is 13.1 Å². The molecule has 0 N–H and O–H groups in total. The van der Waals surface area contributed by atoms with Crippen LogP contribution in [0.2, 0.25) is 0 Å². The lowest BCUT2D eigenvalue weighted by molar-refractivity contribution is -0.136. The van der Waals surface area contributed by atoms with Crippen molar-refractivity contribution in [3.8, 4) is 0 Å². The van der Waals surface area contributed by atoms with Gasteiger partial charge >= 0.3 is 0 Å². The van der Waals surface area contributed by atoms with Gasteiger partial charge in [-0.3, -0.25) is 4.79 Å². The second-order valence-electron chi connectivity index (χ2n) is 6.23. The van der Waals surface area contributed by atoms with E-state index < -0.39 is 10.2 Å². The first-order chi connectivity index (χ1) is 9.93. The van der Waals surface area contributed by atoms with Crippen LogP contribution in [0.4, 0.5) is 0 Å². The number of rotatable bonds is 3. The second-order valence-corrected chi connectivity index (χ2v) is 8.37. The van der Waals surface area contributed by atoms with Crippen LogP contribution in [0.3, 0.4) is 0 Å². The molecule has 122 valence electrons. The summed E-state index contributed by atoms with van der Waals surface area (Å²) in [5, 5.41) is 0. The zero-order valence-corrected chi connectivity index (χ0v) is 13.9. The molecule has 0 aromatic rings. The Kier molecular flexibility index (Phi) is 5.62. The minimum atomic E-state index is -3.41. The van der Waals surface area contributed by atoms with Crippen LogP contribution in [0.5, 0.6) is 0 Å². The van der Waals surface area contributed by atoms with Crippen molar-refractivity contribution in [3.63, 3.8) is 0 Å². The van der Waals surface area contributed by atoms with E-state index >= 15 is 0 Å². The molecule has 0 aromatic carbocycles. The summed E-state index contributed by atoms with van der Waals surface area (Å²) in [6.07, 6.45) is 6.08. The molecule has 0 saturated carbocycles. The predicted molar refractivity (Wildman–Crippen MR) is 82.0 cm³/mol. The Morgan fingerprint density at radius 1 is 1.00 bits per heavy atom. The van der Waals surface area contributed by atoms with E-state index in [0.717, 1.165) is 38.8 Å². The zero-order valence-electron chi connectivity index (χ0n) is 13.1. The van der Waals surface area contributed by atoms with E-state index in [1.54, 1.807) is 0 Å². The summed E-state index contributed by atoms with van der Waals surface area (Å²) in [5.74, 6) is -0.0258. The van der Waals surface area contributed by atoms with Crippen molar-refractivity contribution in [1.82, 2.24) is 13.5 Å². The summed E-state index contributed by atoms with van der Waals surface area (Å²) in [6, 6.07) is 0. The first-order valence-corrected chi connectivity index (χ1v) is 9.29. The third kappa shape index (κ3) is 3.96. The summed E-state index contributed by atoms with van der Waals surface area (Å²) in [7, 11) is -0.334. The van der Waals surface area contributed by atoms with Crippen LogP contribution >= 0.6 is 0 Å². The largest absolute Gasteiger partial charge is 0.342 e. The topological polar surface area (TPSA) is 60.9 Å². The van der Waals surface area contributed by atoms with Gasteiger partial charge in [-0.05, 0) is 25.7 Å². The maximum absolute atomic E-state index is 12.6. The summed E-state index contributed by atoms with van der Waals surface area (Å²) in [5.41, 5.74) is 0. The molecular weight excluding hydrogens is 290 g/mol. The highest BCUT2D eigenvalue weighted by molar-refractivity contribution is 7.86. The Labute approximate surface area is 128 Å². The standard InChI is InChI=1S/C14H27N3O3S/c1-15(2)21(19,20)17-11-7-8-13(12-17)14(18)16-9-5-3-4-6-10-16/h13H,3-12H2,1-2H3/t13-/m0/s1. The Bertz CT molecular complexity index is 456. The average molecular weight is 317 g/mol. The fourth-order valence-corrected chi connectivity index (χ4v) is 4.32.